The van der Waals surface area contributed by atoms with Gasteiger partial charge in [0.05, 0.1) is 0 Å². The first-order chi connectivity index (χ1) is 2.27. The Hall–Kier alpha value is 1.10. The van der Waals surface area contributed by atoms with Crippen LogP contribution in [0.2, 0.25) is 17.7 Å². The molecule has 0 aliphatic rings. The summed E-state index contributed by atoms with van der Waals surface area (Å²) in [5.74, 6) is 0.0203. The third-order valence-corrected chi connectivity index (χ3v) is 10.2. The summed E-state index contributed by atoms with van der Waals surface area (Å²) in [5, 5.41) is 0. The predicted molar refractivity (Wildman–Crippen MR) is 24.7 cm³/mol. The molecular formula is C3H10SiZr. The van der Waals surface area contributed by atoms with Gasteiger partial charge >= 0.3 is 46.0 Å². The van der Waals surface area contributed by atoms with Crippen LogP contribution in [0.4, 0.5) is 0 Å². The van der Waals surface area contributed by atoms with Crippen LogP contribution in [0.15, 0.2) is 0 Å². The maximum atomic E-state index is 2.44. The molecule has 0 aliphatic heterocycles. The van der Waals surface area contributed by atoms with Gasteiger partial charge in [-0.1, -0.05) is 0 Å². The van der Waals surface area contributed by atoms with Crippen LogP contribution >= 0.6 is 0 Å². The third-order valence-electron chi connectivity index (χ3n) is 0.577. The monoisotopic (exact) mass is 164 g/mol. The van der Waals surface area contributed by atoms with E-state index in [4.69, 9.17) is 0 Å². The molecule has 0 amide bonds. The van der Waals surface area contributed by atoms with Crippen LogP contribution in [0.5, 0.6) is 0 Å². The average Bonchev–Trinajstić information content (AvgIpc) is 1.38. The SMILES string of the molecule is [CH3][Zr][SiH](C)C. The molecule has 0 N–H and O–H groups in total. The molecule has 0 aliphatic carbocycles. The number of rotatable bonds is 1. The van der Waals surface area contributed by atoms with E-state index in [1.54, 1.807) is 0 Å². The van der Waals surface area contributed by atoms with Crippen molar-refractivity contribution in [1.29, 1.82) is 0 Å². The Morgan fingerprint density at radius 1 is 1.40 bits per heavy atom. The summed E-state index contributed by atoms with van der Waals surface area (Å²) in [7, 11) is 0. The van der Waals surface area contributed by atoms with Crippen LogP contribution in [0.25, 0.3) is 0 Å². The number of hydrogen-bond acceptors (Lipinski definition) is 0. The van der Waals surface area contributed by atoms with Crippen LogP contribution < -0.4 is 0 Å². The molecule has 0 saturated carbocycles. The summed E-state index contributed by atoms with van der Waals surface area (Å²) in [6.45, 7) is 4.87. The summed E-state index contributed by atoms with van der Waals surface area (Å²) in [4.78, 5) is 0. The van der Waals surface area contributed by atoms with Gasteiger partial charge in [-0.2, -0.15) is 0 Å². The molecule has 2 heteroatoms. The molecule has 0 aromatic rings. The van der Waals surface area contributed by atoms with Gasteiger partial charge in [-0.3, -0.25) is 0 Å². The fourth-order valence-electron chi connectivity index (χ4n) is 0. The van der Waals surface area contributed by atoms with E-state index in [9.17, 15) is 0 Å². The summed E-state index contributed by atoms with van der Waals surface area (Å²) in [5.41, 5.74) is 0. The Labute approximate surface area is 46.1 Å². The van der Waals surface area contributed by atoms with E-state index in [1.165, 1.54) is 0 Å². The molecule has 0 nitrogen and oxygen atoms in total. The Morgan fingerprint density at radius 2 is 1.60 bits per heavy atom. The first kappa shape index (κ1) is 6.10. The van der Waals surface area contributed by atoms with Crippen LogP contribution in [-0.2, 0) is 22.4 Å². The first-order valence-corrected chi connectivity index (χ1v) is 11.5. The van der Waals surface area contributed by atoms with E-state index in [2.05, 4.69) is 17.7 Å². The predicted octanol–water partition coefficient (Wildman–Crippen LogP) is 1.10. The normalized spacial score (nSPS) is 8.80. The van der Waals surface area contributed by atoms with Gasteiger partial charge in [0, 0.05) is 0 Å². The molecule has 30 valence electrons. The fourth-order valence-corrected chi connectivity index (χ4v) is 0. The first-order valence-electron chi connectivity index (χ1n) is 1.94. The van der Waals surface area contributed by atoms with Crippen molar-refractivity contribution in [3.8, 4) is 0 Å². The van der Waals surface area contributed by atoms with Crippen molar-refractivity contribution in [2.24, 2.45) is 0 Å². The summed E-state index contributed by atoms with van der Waals surface area (Å²) < 4.78 is 2.43. The van der Waals surface area contributed by atoms with Gasteiger partial charge in [0.15, 0.2) is 0 Å². The van der Waals surface area contributed by atoms with Crippen molar-refractivity contribution in [2.45, 2.75) is 17.7 Å². The quantitative estimate of drug-likeness (QED) is 0.511. The van der Waals surface area contributed by atoms with E-state index in [0.29, 0.717) is 0 Å². The van der Waals surface area contributed by atoms with Gasteiger partial charge in [-0.15, -0.1) is 0 Å². The summed E-state index contributed by atoms with van der Waals surface area (Å²) in [6, 6.07) is 0. The second kappa shape index (κ2) is 3.30. The zero-order chi connectivity index (χ0) is 4.28. The molecule has 0 heterocycles. The van der Waals surface area contributed by atoms with E-state index >= 15 is 0 Å². The molecule has 0 aromatic heterocycles. The zero-order valence-electron chi connectivity index (χ0n) is 4.08. The Morgan fingerprint density at radius 3 is 1.60 bits per heavy atom. The molecule has 0 rings (SSSR count). The fraction of sp³-hybridized carbons (Fsp3) is 1.00. The van der Waals surface area contributed by atoms with Gasteiger partial charge in [-0.05, 0) is 0 Å². The van der Waals surface area contributed by atoms with Gasteiger partial charge in [0.1, 0.15) is 0 Å². The molecule has 0 spiro atoms. The van der Waals surface area contributed by atoms with Gasteiger partial charge in [-0.25, -0.2) is 0 Å². The Balaban J connectivity index is 2.54. The molecule has 0 aromatic carbocycles. The second-order valence-corrected chi connectivity index (χ2v) is 17.1. The molecule has 0 unspecified atom stereocenters. The van der Waals surface area contributed by atoms with E-state index in [-0.39, 0.29) is 28.3 Å². The third kappa shape index (κ3) is 5.10. The van der Waals surface area contributed by atoms with Gasteiger partial charge in [0.2, 0.25) is 0 Å². The molecule has 0 bridgehead atoms. The van der Waals surface area contributed by atoms with Crippen molar-refractivity contribution in [3.63, 3.8) is 0 Å². The molecule has 5 heavy (non-hydrogen) atoms. The maximum absolute atomic E-state index is 2.44. The van der Waals surface area contributed by atoms with Gasteiger partial charge < -0.3 is 0 Å². The minimum absolute atomic E-state index is 0.0203. The molecule has 0 fully saturated rings. The molecule has 0 atom stereocenters. The van der Waals surface area contributed by atoms with Crippen LogP contribution in [-0.4, -0.2) is 5.92 Å². The number of hydrogen-bond donors (Lipinski definition) is 0. The Bertz CT molecular complexity index is 20.9. The van der Waals surface area contributed by atoms with E-state index < -0.39 is 0 Å². The molecule has 0 saturated heterocycles. The minimum atomic E-state index is 0.0203. The molecular weight excluding hydrogens is 155 g/mol. The van der Waals surface area contributed by atoms with E-state index in [0.717, 1.165) is 0 Å². The second-order valence-electron chi connectivity index (χ2n) is 1.44. The topological polar surface area (TPSA) is 0 Å². The Kier molecular flexibility index (Phi) is 4.02. The van der Waals surface area contributed by atoms with Crippen molar-refractivity contribution >= 4 is 5.92 Å². The van der Waals surface area contributed by atoms with Crippen LogP contribution in [0.1, 0.15) is 0 Å². The van der Waals surface area contributed by atoms with Crippen molar-refractivity contribution in [3.05, 3.63) is 0 Å². The van der Waals surface area contributed by atoms with E-state index in [1.807, 2.05) is 0 Å². The zero-order valence-corrected chi connectivity index (χ0v) is 7.69. The van der Waals surface area contributed by atoms with Crippen LogP contribution in [0.3, 0.4) is 0 Å². The van der Waals surface area contributed by atoms with Gasteiger partial charge in [0.25, 0.3) is 0 Å². The average molecular weight is 165 g/mol. The molecule has 0 radical (unpaired) electrons. The van der Waals surface area contributed by atoms with Crippen molar-refractivity contribution < 1.29 is 22.4 Å². The van der Waals surface area contributed by atoms with Crippen molar-refractivity contribution in [2.75, 3.05) is 0 Å². The van der Waals surface area contributed by atoms with Crippen molar-refractivity contribution in [1.82, 2.24) is 0 Å². The standard InChI is InChI=1S/C2H7Si.CH3.Zr/c1-3-2;;/h3H,1-2H3;1H3;. The summed E-state index contributed by atoms with van der Waals surface area (Å²) in [6.07, 6.45) is 0. The summed E-state index contributed by atoms with van der Waals surface area (Å²) >= 11 is 0.273. The van der Waals surface area contributed by atoms with Crippen LogP contribution in [0, 0.1) is 0 Å².